The van der Waals surface area contributed by atoms with Crippen molar-refractivity contribution in [2.75, 3.05) is 11.9 Å². The van der Waals surface area contributed by atoms with Crippen molar-refractivity contribution < 1.29 is 14.1 Å². The molecule has 7 nitrogen and oxygen atoms in total. The summed E-state index contributed by atoms with van der Waals surface area (Å²) >= 11 is 1.56. The van der Waals surface area contributed by atoms with E-state index < -0.39 is 0 Å². The molecule has 3 rings (SSSR count). The molecule has 0 fully saturated rings. The van der Waals surface area contributed by atoms with E-state index in [0.29, 0.717) is 35.9 Å². The summed E-state index contributed by atoms with van der Waals surface area (Å²) in [7, 11) is 0. The molecule has 2 aromatic heterocycles. The van der Waals surface area contributed by atoms with Crippen LogP contribution >= 0.6 is 11.3 Å². The summed E-state index contributed by atoms with van der Waals surface area (Å²) in [5.74, 6) is 0.604. The highest BCUT2D eigenvalue weighted by Gasteiger charge is 2.12. The first-order valence-corrected chi connectivity index (χ1v) is 9.63. The molecule has 0 aliphatic carbocycles. The van der Waals surface area contributed by atoms with Crippen molar-refractivity contribution in [3.8, 4) is 11.4 Å². The topological polar surface area (TPSA) is 97.1 Å². The van der Waals surface area contributed by atoms with Crippen LogP contribution in [-0.4, -0.2) is 28.5 Å². The van der Waals surface area contributed by atoms with Gasteiger partial charge in [-0.25, -0.2) is 0 Å². The summed E-state index contributed by atoms with van der Waals surface area (Å²) in [6, 6.07) is 8.77. The van der Waals surface area contributed by atoms with Crippen LogP contribution in [0.25, 0.3) is 11.4 Å². The SMILES string of the molecule is CCCNC(=O)c1cccc(NC(=O)CCc2nc(-c3ccsc3)no2)c1. The third-order valence-electron chi connectivity index (χ3n) is 3.76. The number of carbonyl (C=O) groups excluding carboxylic acids is 2. The lowest BCUT2D eigenvalue weighted by Gasteiger charge is -2.07. The smallest absolute Gasteiger partial charge is 0.251 e. The van der Waals surface area contributed by atoms with Crippen LogP contribution in [0, 0.1) is 0 Å². The van der Waals surface area contributed by atoms with Crippen molar-refractivity contribution in [2.24, 2.45) is 0 Å². The summed E-state index contributed by atoms with van der Waals surface area (Å²) in [5, 5.41) is 13.4. The number of hydrogen-bond donors (Lipinski definition) is 2. The Morgan fingerprint density at radius 2 is 2.15 bits per heavy atom. The van der Waals surface area contributed by atoms with Crippen molar-refractivity contribution in [1.82, 2.24) is 15.5 Å². The minimum Gasteiger partial charge on any atom is -0.352 e. The number of aromatic nitrogens is 2. The van der Waals surface area contributed by atoms with Crippen LogP contribution in [0.5, 0.6) is 0 Å². The summed E-state index contributed by atoms with van der Waals surface area (Å²) in [6.07, 6.45) is 1.42. The van der Waals surface area contributed by atoms with E-state index in [4.69, 9.17) is 4.52 Å². The molecule has 0 spiro atoms. The lowest BCUT2D eigenvalue weighted by atomic mass is 10.2. The Balaban J connectivity index is 1.53. The van der Waals surface area contributed by atoms with E-state index in [1.807, 2.05) is 23.8 Å². The normalized spacial score (nSPS) is 10.6. The maximum absolute atomic E-state index is 12.2. The van der Waals surface area contributed by atoms with E-state index >= 15 is 0 Å². The van der Waals surface area contributed by atoms with Gasteiger partial charge in [-0.1, -0.05) is 18.1 Å². The maximum Gasteiger partial charge on any atom is 0.251 e. The van der Waals surface area contributed by atoms with Crippen molar-refractivity contribution in [3.05, 3.63) is 52.5 Å². The van der Waals surface area contributed by atoms with E-state index in [0.717, 1.165) is 12.0 Å². The predicted molar refractivity (Wildman–Crippen MR) is 104 cm³/mol. The fraction of sp³-hybridized carbons (Fsp3) is 0.263. The van der Waals surface area contributed by atoms with E-state index in [2.05, 4.69) is 20.8 Å². The Kier molecular flexibility index (Phi) is 6.32. The van der Waals surface area contributed by atoms with Gasteiger partial charge < -0.3 is 15.2 Å². The number of nitrogens with one attached hydrogen (secondary N) is 2. The third kappa shape index (κ3) is 5.24. The number of thiophene rings is 1. The van der Waals surface area contributed by atoms with E-state index in [9.17, 15) is 9.59 Å². The van der Waals surface area contributed by atoms with Crippen LogP contribution in [0.4, 0.5) is 5.69 Å². The van der Waals surface area contributed by atoms with Gasteiger partial charge in [0, 0.05) is 41.6 Å². The predicted octanol–water partition coefficient (Wildman–Crippen LogP) is 3.51. The van der Waals surface area contributed by atoms with Crippen molar-refractivity contribution in [3.63, 3.8) is 0 Å². The molecule has 0 aliphatic heterocycles. The summed E-state index contributed by atoms with van der Waals surface area (Å²) in [5.41, 5.74) is 1.99. The number of benzene rings is 1. The molecule has 0 bridgehead atoms. The molecule has 8 heteroatoms. The van der Waals surface area contributed by atoms with Gasteiger partial charge in [-0.3, -0.25) is 9.59 Å². The van der Waals surface area contributed by atoms with Crippen molar-refractivity contribution in [2.45, 2.75) is 26.2 Å². The van der Waals surface area contributed by atoms with Crippen LogP contribution < -0.4 is 10.6 Å². The minimum absolute atomic E-state index is 0.153. The Morgan fingerprint density at radius 3 is 2.93 bits per heavy atom. The highest BCUT2D eigenvalue weighted by Crippen LogP contribution is 2.19. The summed E-state index contributed by atoms with van der Waals surface area (Å²) < 4.78 is 5.19. The van der Waals surface area contributed by atoms with Crippen molar-refractivity contribution in [1.29, 1.82) is 0 Å². The number of aryl methyl sites for hydroxylation is 1. The summed E-state index contributed by atoms with van der Waals surface area (Å²) in [4.78, 5) is 28.5. The number of hydrogen-bond acceptors (Lipinski definition) is 6. The maximum atomic E-state index is 12.2. The standard InChI is InChI=1S/C19H20N4O3S/c1-2-9-20-19(25)13-4-3-5-15(11-13)21-16(24)6-7-17-22-18(23-26-17)14-8-10-27-12-14/h3-5,8,10-12H,2,6-7,9H2,1H3,(H,20,25)(H,21,24). The molecule has 0 saturated heterocycles. The van der Waals surface area contributed by atoms with Crippen molar-refractivity contribution >= 4 is 28.8 Å². The number of nitrogens with zero attached hydrogens (tertiary/aromatic N) is 2. The van der Waals surface area contributed by atoms with Gasteiger partial charge in [0.15, 0.2) is 0 Å². The average molecular weight is 384 g/mol. The van der Waals surface area contributed by atoms with Crippen LogP contribution in [0.2, 0.25) is 0 Å². The van der Waals surface area contributed by atoms with Crippen LogP contribution in [-0.2, 0) is 11.2 Å². The van der Waals surface area contributed by atoms with Gasteiger partial charge in [0.2, 0.25) is 17.6 Å². The highest BCUT2D eigenvalue weighted by molar-refractivity contribution is 7.08. The zero-order chi connectivity index (χ0) is 19.1. The molecule has 27 heavy (non-hydrogen) atoms. The third-order valence-corrected chi connectivity index (χ3v) is 4.44. The number of anilines is 1. The lowest BCUT2D eigenvalue weighted by molar-refractivity contribution is -0.116. The van der Waals surface area contributed by atoms with Crippen LogP contribution in [0.1, 0.15) is 36.0 Å². The zero-order valence-corrected chi connectivity index (χ0v) is 15.7. The Labute approximate surface area is 160 Å². The Hall–Kier alpha value is -3.00. The first-order valence-electron chi connectivity index (χ1n) is 8.69. The molecule has 0 atom stereocenters. The second-order valence-corrected chi connectivity index (χ2v) is 6.69. The van der Waals surface area contributed by atoms with Gasteiger partial charge in [-0.05, 0) is 36.1 Å². The lowest BCUT2D eigenvalue weighted by Crippen LogP contribution is -2.24. The van der Waals surface area contributed by atoms with Gasteiger partial charge in [0.25, 0.3) is 5.91 Å². The molecule has 1 aromatic carbocycles. The number of rotatable bonds is 8. The molecule has 2 heterocycles. The van der Waals surface area contributed by atoms with E-state index in [1.54, 1.807) is 35.6 Å². The summed E-state index contributed by atoms with van der Waals surface area (Å²) in [6.45, 7) is 2.61. The number of carbonyl (C=O) groups is 2. The minimum atomic E-state index is -0.184. The second-order valence-electron chi connectivity index (χ2n) is 5.91. The van der Waals surface area contributed by atoms with E-state index in [1.165, 1.54) is 0 Å². The fourth-order valence-electron chi connectivity index (χ4n) is 2.39. The van der Waals surface area contributed by atoms with Gasteiger partial charge >= 0.3 is 0 Å². The largest absolute Gasteiger partial charge is 0.352 e. The average Bonchev–Trinajstić information content (AvgIpc) is 3.36. The quantitative estimate of drug-likeness (QED) is 0.619. The van der Waals surface area contributed by atoms with Gasteiger partial charge in [-0.15, -0.1) is 0 Å². The molecule has 0 saturated carbocycles. The van der Waals surface area contributed by atoms with Gasteiger partial charge in [-0.2, -0.15) is 16.3 Å². The Morgan fingerprint density at radius 1 is 1.26 bits per heavy atom. The van der Waals surface area contributed by atoms with Gasteiger partial charge in [0.05, 0.1) is 0 Å². The first-order chi connectivity index (χ1) is 13.2. The number of amides is 2. The monoisotopic (exact) mass is 384 g/mol. The molecule has 2 amide bonds. The fourth-order valence-corrected chi connectivity index (χ4v) is 3.02. The van der Waals surface area contributed by atoms with E-state index in [-0.39, 0.29) is 18.2 Å². The molecule has 2 N–H and O–H groups in total. The zero-order valence-electron chi connectivity index (χ0n) is 14.9. The Bertz CT molecular complexity index is 905. The van der Waals surface area contributed by atoms with Gasteiger partial charge in [0.1, 0.15) is 0 Å². The molecule has 0 unspecified atom stereocenters. The first kappa shape index (κ1) is 18.8. The molecular formula is C19H20N4O3S. The molecule has 3 aromatic rings. The molecule has 140 valence electrons. The highest BCUT2D eigenvalue weighted by atomic mass is 32.1. The van der Waals surface area contributed by atoms with Crippen LogP contribution in [0.15, 0.2) is 45.6 Å². The molecule has 0 aliphatic rings. The second kappa shape index (κ2) is 9.09. The van der Waals surface area contributed by atoms with Crippen LogP contribution in [0.3, 0.4) is 0 Å². The molecule has 0 radical (unpaired) electrons. The molecular weight excluding hydrogens is 364 g/mol.